The van der Waals surface area contributed by atoms with Crippen molar-refractivity contribution in [2.75, 3.05) is 5.32 Å². The number of furan rings is 1. The summed E-state index contributed by atoms with van der Waals surface area (Å²) in [4.78, 5) is 11.6. The molecule has 1 heterocycles. The minimum absolute atomic E-state index is 0.236. The number of carbonyl (C=O) groups is 1. The molecule has 1 aromatic carbocycles. The molecule has 3 heteroatoms. The predicted octanol–water partition coefficient (Wildman–Crippen LogP) is 2.91. The largest absolute Gasteiger partial charge is 0.465 e. The van der Waals surface area contributed by atoms with Crippen molar-refractivity contribution in [2.24, 2.45) is 0 Å². The van der Waals surface area contributed by atoms with Crippen LogP contribution in [0.4, 0.5) is 5.69 Å². The van der Waals surface area contributed by atoms with Crippen LogP contribution in [0.3, 0.4) is 0 Å². The number of hydrogen-bond acceptors (Lipinski definition) is 2. The second kappa shape index (κ2) is 5.55. The second-order valence-electron chi connectivity index (χ2n) is 3.56. The van der Waals surface area contributed by atoms with Gasteiger partial charge < -0.3 is 9.73 Å². The van der Waals surface area contributed by atoms with Gasteiger partial charge in [0.05, 0.1) is 6.26 Å². The van der Waals surface area contributed by atoms with Gasteiger partial charge in [-0.25, -0.2) is 0 Å². The van der Waals surface area contributed by atoms with Crippen molar-refractivity contribution in [3.8, 4) is 12.3 Å². The maximum atomic E-state index is 11.6. The smallest absolute Gasteiger partial charge is 0.248 e. The average Bonchev–Trinajstić information content (AvgIpc) is 2.90. The van der Waals surface area contributed by atoms with E-state index in [9.17, 15) is 4.79 Å². The first-order valence-corrected chi connectivity index (χ1v) is 5.37. The lowest BCUT2D eigenvalue weighted by atomic mass is 10.2. The highest BCUT2D eigenvalue weighted by Crippen LogP contribution is 2.10. The number of carbonyl (C=O) groups excluding carboxylic acids is 1. The maximum absolute atomic E-state index is 11.6. The molecule has 0 atom stereocenters. The second-order valence-corrected chi connectivity index (χ2v) is 3.56. The van der Waals surface area contributed by atoms with Gasteiger partial charge in [-0.2, -0.15) is 0 Å². The van der Waals surface area contributed by atoms with E-state index in [1.54, 1.807) is 48.7 Å². The van der Waals surface area contributed by atoms with Gasteiger partial charge in [0.25, 0.3) is 0 Å². The zero-order valence-corrected chi connectivity index (χ0v) is 9.59. The summed E-state index contributed by atoms with van der Waals surface area (Å²) in [5.74, 6) is 2.90. The molecule has 0 aliphatic heterocycles. The first kappa shape index (κ1) is 11.7. The summed E-state index contributed by atoms with van der Waals surface area (Å²) in [6, 6.07) is 10.6. The van der Waals surface area contributed by atoms with E-state index in [-0.39, 0.29) is 5.91 Å². The number of rotatable bonds is 3. The highest BCUT2D eigenvalue weighted by atomic mass is 16.3. The van der Waals surface area contributed by atoms with Crippen LogP contribution in [0.1, 0.15) is 11.3 Å². The summed E-state index contributed by atoms with van der Waals surface area (Å²) >= 11 is 0. The Labute approximate surface area is 105 Å². The first-order valence-electron chi connectivity index (χ1n) is 5.37. The zero-order valence-electron chi connectivity index (χ0n) is 9.59. The summed E-state index contributed by atoms with van der Waals surface area (Å²) in [5, 5.41) is 2.72. The number of benzene rings is 1. The van der Waals surface area contributed by atoms with E-state index in [1.165, 1.54) is 6.08 Å². The Balaban J connectivity index is 2.01. The molecular formula is C15H11NO2. The van der Waals surface area contributed by atoms with Crippen molar-refractivity contribution in [1.29, 1.82) is 0 Å². The van der Waals surface area contributed by atoms with E-state index in [4.69, 9.17) is 10.8 Å². The molecule has 2 aromatic rings. The summed E-state index contributed by atoms with van der Waals surface area (Å²) in [5.41, 5.74) is 1.39. The van der Waals surface area contributed by atoms with Crippen molar-refractivity contribution in [3.05, 3.63) is 60.1 Å². The molecule has 0 aliphatic rings. The van der Waals surface area contributed by atoms with E-state index >= 15 is 0 Å². The van der Waals surface area contributed by atoms with Gasteiger partial charge >= 0.3 is 0 Å². The first-order chi connectivity index (χ1) is 8.78. The standard InChI is InChI=1S/C15H11NO2/c1-2-12-5-3-6-13(11-12)16-15(17)9-8-14-7-4-10-18-14/h1,3-11H,(H,16,17)/b9-8-. The molecule has 0 radical (unpaired) electrons. The zero-order chi connectivity index (χ0) is 12.8. The maximum Gasteiger partial charge on any atom is 0.248 e. The monoisotopic (exact) mass is 237 g/mol. The van der Waals surface area contributed by atoms with Crippen LogP contribution in [0.15, 0.2) is 53.2 Å². The normalized spacial score (nSPS) is 10.2. The molecular weight excluding hydrogens is 226 g/mol. The molecule has 0 spiro atoms. The van der Waals surface area contributed by atoms with Crippen LogP contribution in [0.2, 0.25) is 0 Å². The van der Waals surface area contributed by atoms with Gasteiger partial charge in [-0.05, 0) is 36.4 Å². The summed E-state index contributed by atoms with van der Waals surface area (Å²) in [7, 11) is 0. The van der Waals surface area contributed by atoms with Crippen molar-refractivity contribution in [1.82, 2.24) is 0 Å². The number of anilines is 1. The van der Waals surface area contributed by atoms with Crippen LogP contribution in [-0.2, 0) is 4.79 Å². The van der Waals surface area contributed by atoms with Crippen molar-refractivity contribution in [2.45, 2.75) is 0 Å². The molecule has 3 nitrogen and oxygen atoms in total. The minimum Gasteiger partial charge on any atom is -0.465 e. The molecule has 18 heavy (non-hydrogen) atoms. The fourth-order valence-corrected chi connectivity index (χ4v) is 1.41. The van der Waals surface area contributed by atoms with Gasteiger partial charge in [0.2, 0.25) is 5.91 Å². The highest BCUT2D eigenvalue weighted by molar-refractivity contribution is 6.01. The third kappa shape index (κ3) is 3.13. The molecule has 88 valence electrons. The van der Waals surface area contributed by atoms with E-state index in [1.807, 2.05) is 0 Å². The van der Waals surface area contributed by atoms with Gasteiger partial charge in [-0.3, -0.25) is 4.79 Å². The molecule has 1 aromatic heterocycles. The fourth-order valence-electron chi connectivity index (χ4n) is 1.41. The fraction of sp³-hybridized carbons (Fsp3) is 0. The number of nitrogens with one attached hydrogen (secondary N) is 1. The molecule has 0 bridgehead atoms. The lowest BCUT2D eigenvalue weighted by Gasteiger charge is -2.01. The molecule has 2 rings (SSSR count). The molecule has 0 fully saturated rings. The Morgan fingerprint density at radius 2 is 2.22 bits per heavy atom. The molecule has 0 saturated carbocycles. The van der Waals surface area contributed by atoms with Crippen molar-refractivity contribution in [3.63, 3.8) is 0 Å². The number of terminal acetylenes is 1. The SMILES string of the molecule is C#Cc1cccc(NC(=O)/C=C\c2ccco2)c1. The Bertz CT molecular complexity index is 604. The van der Waals surface area contributed by atoms with Gasteiger partial charge in [0.1, 0.15) is 5.76 Å². The Hall–Kier alpha value is -2.73. The average molecular weight is 237 g/mol. The third-order valence-corrected chi connectivity index (χ3v) is 2.24. The van der Waals surface area contributed by atoms with Crippen LogP contribution in [0.5, 0.6) is 0 Å². The van der Waals surface area contributed by atoms with Gasteiger partial charge in [-0.1, -0.05) is 12.0 Å². The molecule has 1 amide bonds. The summed E-state index contributed by atoms with van der Waals surface area (Å²) in [6.07, 6.45) is 9.83. The lowest BCUT2D eigenvalue weighted by Crippen LogP contribution is -2.07. The topological polar surface area (TPSA) is 42.2 Å². The van der Waals surface area contributed by atoms with E-state index in [0.29, 0.717) is 11.4 Å². The quantitative estimate of drug-likeness (QED) is 0.658. The van der Waals surface area contributed by atoms with E-state index < -0.39 is 0 Å². The van der Waals surface area contributed by atoms with Gasteiger partial charge in [0, 0.05) is 17.3 Å². The van der Waals surface area contributed by atoms with Gasteiger partial charge in [-0.15, -0.1) is 6.42 Å². The highest BCUT2D eigenvalue weighted by Gasteiger charge is 1.98. The van der Waals surface area contributed by atoms with Crippen molar-refractivity contribution < 1.29 is 9.21 Å². The van der Waals surface area contributed by atoms with Crippen LogP contribution in [0.25, 0.3) is 6.08 Å². The Morgan fingerprint density at radius 3 is 2.94 bits per heavy atom. The Kier molecular flexibility index (Phi) is 3.62. The molecule has 0 aliphatic carbocycles. The van der Waals surface area contributed by atoms with Crippen LogP contribution in [0, 0.1) is 12.3 Å². The molecule has 0 saturated heterocycles. The molecule has 0 unspecified atom stereocenters. The lowest BCUT2D eigenvalue weighted by molar-refractivity contribution is -0.111. The molecule has 1 N–H and O–H groups in total. The number of hydrogen-bond donors (Lipinski definition) is 1. The van der Waals surface area contributed by atoms with E-state index in [2.05, 4.69) is 11.2 Å². The van der Waals surface area contributed by atoms with Crippen molar-refractivity contribution >= 4 is 17.7 Å². The number of amides is 1. The van der Waals surface area contributed by atoms with Crippen LogP contribution >= 0.6 is 0 Å². The van der Waals surface area contributed by atoms with Gasteiger partial charge in [0.15, 0.2) is 0 Å². The van der Waals surface area contributed by atoms with E-state index in [0.717, 1.165) is 5.56 Å². The van der Waals surface area contributed by atoms with Crippen LogP contribution < -0.4 is 5.32 Å². The van der Waals surface area contributed by atoms with Crippen LogP contribution in [-0.4, -0.2) is 5.91 Å². The minimum atomic E-state index is -0.236. The third-order valence-electron chi connectivity index (χ3n) is 2.24. The summed E-state index contributed by atoms with van der Waals surface area (Å²) < 4.78 is 5.08. The Morgan fingerprint density at radius 1 is 1.33 bits per heavy atom. The summed E-state index contributed by atoms with van der Waals surface area (Å²) in [6.45, 7) is 0. The predicted molar refractivity (Wildman–Crippen MR) is 70.7 cm³/mol.